The normalized spacial score (nSPS) is 24.8. The number of nitrogens with zero attached hydrogens (tertiary/aromatic N) is 2. The summed E-state index contributed by atoms with van der Waals surface area (Å²) in [5, 5.41) is 21.5. The van der Waals surface area contributed by atoms with Gasteiger partial charge in [-0.1, -0.05) is 20.3 Å². The van der Waals surface area contributed by atoms with Crippen molar-refractivity contribution < 1.29 is 29.4 Å². The number of carbonyl (C=O) groups is 4. The lowest BCUT2D eigenvalue weighted by atomic mass is 9.99. The molecule has 2 fully saturated rings. The fourth-order valence-corrected chi connectivity index (χ4v) is 3.93. The average Bonchev–Trinajstić information content (AvgIpc) is 3.39. The van der Waals surface area contributed by atoms with Gasteiger partial charge in [-0.2, -0.15) is 0 Å². The number of carboxylic acid groups (broad SMARTS) is 1. The van der Waals surface area contributed by atoms with Crippen LogP contribution in [0.4, 0.5) is 0 Å². The third-order valence-corrected chi connectivity index (χ3v) is 6.00. The number of aliphatic hydroxyl groups is 1. The van der Waals surface area contributed by atoms with E-state index in [1.807, 2.05) is 13.8 Å². The lowest BCUT2D eigenvalue weighted by Crippen LogP contribution is -2.58. The second kappa shape index (κ2) is 10.0. The van der Waals surface area contributed by atoms with Crippen molar-refractivity contribution in [1.29, 1.82) is 0 Å². The Balaban J connectivity index is 2.08. The molecule has 164 valence electrons. The average molecular weight is 412 g/mol. The van der Waals surface area contributed by atoms with Gasteiger partial charge in [0.15, 0.2) is 0 Å². The number of aliphatic hydroxyl groups excluding tert-OH is 1. The van der Waals surface area contributed by atoms with Crippen LogP contribution >= 0.6 is 0 Å². The second-order valence-corrected chi connectivity index (χ2v) is 7.87. The van der Waals surface area contributed by atoms with E-state index in [1.165, 1.54) is 9.80 Å². The van der Waals surface area contributed by atoms with Crippen molar-refractivity contribution in [3.8, 4) is 0 Å². The maximum atomic E-state index is 12.9. The van der Waals surface area contributed by atoms with Crippen LogP contribution in [0.25, 0.3) is 0 Å². The summed E-state index contributed by atoms with van der Waals surface area (Å²) >= 11 is 0. The molecule has 0 radical (unpaired) electrons. The molecular formula is C19H32N4O6. The summed E-state index contributed by atoms with van der Waals surface area (Å²) in [7, 11) is 0. The number of aliphatic carboxylic acids is 1. The smallest absolute Gasteiger partial charge is 0.326 e. The molecule has 0 saturated carbocycles. The second-order valence-electron chi connectivity index (χ2n) is 7.87. The quantitative estimate of drug-likeness (QED) is 0.395. The van der Waals surface area contributed by atoms with Crippen LogP contribution in [0.3, 0.4) is 0 Å². The van der Waals surface area contributed by atoms with Crippen LogP contribution in [0.2, 0.25) is 0 Å². The van der Waals surface area contributed by atoms with Crippen LogP contribution in [-0.2, 0) is 19.2 Å². The number of nitrogens with two attached hydrogens (primary N) is 1. The Morgan fingerprint density at radius 3 is 2.24 bits per heavy atom. The summed E-state index contributed by atoms with van der Waals surface area (Å²) in [5.41, 5.74) is 5.89. The lowest BCUT2D eigenvalue weighted by Gasteiger charge is -2.32. The number of amides is 3. The number of hydrogen-bond donors (Lipinski definition) is 4. The zero-order valence-electron chi connectivity index (χ0n) is 17.0. The van der Waals surface area contributed by atoms with Crippen LogP contribution in [0, 0.1) is 5.92 Å². The van der Waals surface area contributed by atoms with E-state index in [1.54, 1.807) is 0 Å². The molecule has 2 aliphatic heterocycles. The fraction of sp³-hybridized carbons (Fsp3) is 0.789. The van der Waals surface area contributed by atoms with Gasteiger partial charge >= 0.3 is 5.97 Å². The zero-order chi connectivity index (χ0) is 21.7. The van der Waals surface area contributed by atoms with Crippen LogP contribution in [-0.4, -0.2) is 87.6 Å². The van der Waals surface area contributed by atoms with Gasteiger partial charge in [0.25, 0.3) is 0 Å². The van der Waals surface area contributed by atoms with Crippen molar-refractivity contribution >= 4 is 23.7 Å². The van der Waals surface area contributed by atoms with Gasteiger partial charge in [0.2, 0.25) is 17.7 Å². The Kier molecular flexibility index (Phi) is 7.97. The predicted octanol–water partition coefficient (Wildman–Crippen LogP) is -1.10. The molecule has 0 aromatic heterocycles. The third-order valence-electron chi connectivity index (χ3n) is 6.00. The Morgan fingerprint density at radius 1 is 1.10 bits per heavy atom. The molecule has 2 rings (SSSR count). The molecule has 0 bridgehead atoms. The highest BCUT2D eigenvalue weighted by atomic mass is 16.4. The van der Waals surface area contributed by atoms with Crippen molar-refractivity contribution in [2.75, 3.05) is 19.7 Å². The van der Waals surface area contributed by atoms with E-state index in [9.17, 15) is 29.4 Å². The molecule has 5 unspecified atom stereocenters. The minimum absolute atomic E-state index is 0.0892. The van der Waals surface area contributed by atoms with Gasteiger partial charge in [-0.05, 0) is 31.6 Å². The molecule has 2 saturated heterocycles. The number of nitrogens with one attached hydrogen (secondary N) is 1. The van der Waals surface area contributed by atoms with E-state index < -0.39 is 48.6 Å². The first-order valence-corrected chi connectivity index (χ1v) is 10.2. The molecule has 10 heteroatoms. The van der Waals surface area contributed by atoms with Gasteiger partial charge in [-0.25, -0.2) is 4.79 Å². The molecule has 2 aliphatic rings. The van der Waals surface area contributed by atoms with E-state index >= 15 is 0 Å². The molecule has 10 nitrogen and oxygen atoms in total. The van der Waals surface area contributed by atoms with Gasteiger partial charge in [0, 0.05) is 13.1 Å². The Morgan fingerprint density at radius 2 is 1.69 bits per heavy atom. The summed E-state index contributed by atoms with van der Waals surface area (Å²) in [5.74, 6) is -2.61. The minimum Gasteiger partial charge on any atom is -0.480 e. The van der Waals surface area contributed by atoms with Crippen molar-refractivity contribution in [2.45, 2.75) is 70.1 Å². The highest BCUT2D eigenvalue weighted by molar-refractivity contribution is 5.94. The molecule has 3 amide bonds. The molecular weight excluding hydrogens is 380 g/mol. The van der Waals surface area contributed by atoms with Crippen LogP contribution in [0.1, 0.15) is 46.0 Å². The summed E-state index contributed by atoms with van der Waals surface area (Å²) < 4.78 is 0. The number of rotatable bonds is 8. The number of carboxylic acids is 1. The molecule has 29 heavy (non-hydrogen) atoms. The Labute approximate surface area is 170 Å². The van der Waals surface area contributed by atoms with Crippen molar-refractivity contribution in [3.63, 3.8) is 0 Å². The van der Waals surface area contributed by atoms with Crippen molar-refractivity contribution in [2.24, 2.45) is 11.7 Å². The van der Waals surface area contributed by atoms with E-state index in [-0.39, 0.29) is 11.8 Å². The van der Waals surface area contributed by atoms with Gasteiger partial charge < -0.3 is 31.1 Å². The summed E-state index contributed by atoms with van der Waals surface area (Å²) in [6.45, 7) is 3.76. The van der Waals surface area contributed by atoms with Crippen LogP contribution < -0.4 is 11.1 Å². The highest BCUT2D eigenvalue weighted by Crippen LogP contribution is 2.25. The highest BCUT2D eigenvalue weighted by Gasteiger charge is 2.43. The minimum atomic E-state index is -1.19. The van der Waals surface area contributed by atoms with E-state index in [2.05, 4.69) is 5.32 Å². The zero-order valence-corrected chi connectivity index (χ0v) is 17.0. The Hall–Kier alpha value is -2.20. The van der Waals surface area contributed by atoms with Crippen LogP contribution in [0.15, 0.2) is 0 Å². The molecule has 2 heterocycles. The Bertz CT molecular complexity index is 642. The molecule has 0 aromatic carbocycles. The van der Waals surface area contributed by atoms with E-state index in [4.69, 9.17) is 5.73 Å². The van der Waals surface area contributed by atoms with Gasteiger partial charge in [0.1, 0.15) is 18.1 Å². The maximum absolute atomic E-state index is 12.9. The third kappa shape index (κ3) is 5.05. The SMILES string of the molecule is CCC(C)C(N)C(=O)NC(CO)C(=O)N1CCCC1C(=O)N1CCCC1C(=O)O. The topological polar surface area (TPSA) is 153 Å². The predicted molar refractivity (Wildman–Crippen MR) is 104 cm³/mol. The standard InChI is InChI=1S/C19H32N4O6/c1-3-11(2)15(20)16(25)21-12(10-24)17(26)22-8-4-6-13(22)18(27)23-9-5-7-14(23)19(28)29/h11-15,24H,3-10,20H2,1-2H3,(H,21,25)(H,28,29). The van der Waals surface area contributed by atoms with Crippen molar-refractivity contribution in [3.05, 3.63) is 0 Å². The largest absolute Gasteiger partial charge is 0.480 e. The van der Waals surface area contributed by atoms with Crippen molar-refractivity contribution in [1.82, 2.24) is 15.1 Å². The van der Waals surface area contributed by atoms with E-state index in [0.29, 0.717) is 45.2 Å². The molecule has 5 N–H and O–H groups in total. The first kappa shape index (κ1) is 23.1. The van der Waals surface area contributed by atoms with Gasteiger partial charge in [0.05, 0.1) is 12.6 Å². The first-order valence-electron chi connectivity index (χ1n) is 10.2. The monoisotopic (exact) mass is 412 g/mol. The number of likely N-dealkylation sites (tertiary alicyclic amines) is 2. The van der Waals surface area contributed by atoms with E-state index in [0.717, 1.165) is 0 Å². The molecule has 0 aromatic rings. The van der Waals surface area contributed by atoms with Crippen LogP contribution in [0.5, 0.6) is 0 Å². The number of hydrogen-bond acceptors (Lipinski definition) is 6. The molecule has 0 spiro atoms. The first-order chi connectivity index (χ1) is 13.7. The number of carbonyl (C=O) groups excluding carboxylic acids is 3. The fourth-order valence-electron chi connectivity index (χ4n) is 3.93. The maximum Gasteiger partial charge on any atom is 0.326 e. The molecule has 0 aliphatic carbocycles. The summed E-state index contributed by atoms with van der Waals surface area (Å²) in [6, 6.07) is -3.66. The summed E-state index contributed by atoms with van der Waals surface area (Å²) in [6.07, 6.45) is 2.70. The summed E-state index contributed by atoms with van der Waals surface area (Å²) in [4.78, 5) is 52.3. The van der Waals surface area contributed by atoms with Gasteiger partial charge in [-0.15, -0.1) is 0 Å². The van der Waals surface area contributed by atoms with Gasteiger partial charge in [-0.3, -0.25) is 14.4 Å². The lowest BCUT2D eigenvalue weighted by molar-refractivity contribution is -0.152. The molecule has 5 atom stereocenters.